The molecule has 1 aromatic carbocycles. The highest BCUT2D eigenvalue weighted by molar-refractivity contribution is 6.02. The van der Waals surface area contributed by atoms with E-state index in [4.69, 9.17) is 15.2 Å². The molecular weight excluding hydrogens is 258 g/mol. The summed E-state index contributed by atoms with van der Waals surface area (Å²) in [6.07, 6.45) is 0. The summed E-state index contributed by atoms with van der Waals surface area (Å²) < 4.78 is 10.4. The van der Waals surface area contributed by atoms with Gasteiger partial charge in [0.2, 0.25) is 0 Å². The number of benzene rings is 1. The molecule has 1 aromatic rings. The number of rotatable bonds is 5. The van der Waals surface area contributed by atoms with Gasteiger partial charge in [0.05, 0.1) is 20.8 Å². The van der Waals surface area contributed by atoms with Gasteiger partial charge in [0.15, 0.2) is 17.3 Å². The van der Waals surface area contributed by atoms with E-state index < -0.39 is 0 Å². The summed E-state index contributed by atoms with van der Waals surface area (Å²) in [6, 6.07) is 3.28. The van der Waals surface area contributed by atoms with E-state index in [1.807, 2.05) is 0 Å². The molecule has 0 saturated carbocycles. The molecule has 2 rings (SSSR count). The number of carbonyl (C=O) groups excluding carboxylic acids is 1. The highest BCUT2D eigenvalue weighted by Crippen LogP contribution is 2.32. The Morgan fingerprint density at radius 2 is 1.85 bits per heavy atom. The van der Waals surface area contributed by atoms with E-state index in [1.54, 1.807) is 26.4 Å². The lowest BCUT2D eigenvalue weighted by atomic mass is 10.1. The van der Waals surface area contributed by atoms with Crippen LogP contribution in [0.3, 0.4) is 0 Å². The molecule has 1 heterocycles. The SMILES string of the molecule is COc1cc(N)c(C(=O)CN2CCNCC2)cc1OC. The molecule has 110 valence electrons. The first-order valence-electron chi connectivity index (χ1n) is 6.63. The molecule has 20 heavy (non-hydrogen) atoms. The third-order valence-corrected chi connectivity index (χ3v) is 3.43. The molecular formula is C14H21N3O3. The zero-order chi connectivity index (χ0) is 14.5. The Bertz CT molecular complexity index is 485. The summed E-state index contributed by atoms with van der Waals surface area (Å²) in [6.45, 7) is 3.95. The van der Waals surface area contributed by atoms with Crippen LogP contribution < -0.4 is 20.5 Å². The van der Waals surface area contributed by atoms with Crippen molar-refractivity contribution in [3.05, 3.63) is 17.7 Å². The van der Waals surface area contributed by atoms with Crippen LogP contribution in [-0.4, -0.2) is 57.6 Å². The normalized spacial score (nSPS) is 15.9. The molecule has 0 amide bonds. The fourth-order valence-electron chi connectivity index (χ4n) is 2.29. The average Bonchev–Trinajstić information content (AvgIpc) is 2.47. The second-order valence-corrected chi connectivity index (χ2v) is 4.74. The molecule has 0 radical (unpaired) electrons. The first-order chi connectivity index (χ1) is 9.65. The van der Waals surface area contributed by atoms with E-state index in [1.165, 1.54) is 0 Å². The third kappa shape index (κ3) is 3.20. The number of nitrogen functional groups attached to an aromatic ring is 1. The van der Waals surface area contributed by atoms with Gasteiger partial charge in [-0.15, -0.1) is 0 Å². The zero-order valence-corrected chi connectivity index (χ0v) is 11.9. The minimum Gasteiger partial charge on any atom is -0.493 e. The van der Waals surface area contributed by atoms with Crippen LogP contribution in [0.15, 0.2) is 12.1 Å². The summed E-state index contributed by atoms with van der Waals surface area (Å²) in [5.41, 5.74) is 6.85. The first-order valence-corrected chi connectivity index (χ1v) is 6.63. The number of nitrogens with zero attached hydrogens (tertiary/aromatic N) is 1. The maximum Gasteiger partial charge on any atom is 0.179 e. The zero-order valence-electron chi connectivity index (χ0n) is 11.9. The molecule has 3 N–H and O–H groups in total. The predicted molar refractivity (Wildman–Crippen MR) is 77.6 cm³/mol. The smallest absolute Gasteiger partial charge is 0.179 e. The number of Topliss-reactive ketones (excluding diaryl/α,β-unsaturated/α-hetero) is 1. The molecule has 0 atom stereocenters. The van der Waals surface area contributed by atoms with Gasteiger partial charge in [0.1, 0.15) is 0 Å². The monoisotopic (exact) mass is 279 g/mol. The van der Waals surface area contributed by atoms with Crippen molar-refractivity contribution in [2.24, 2.45) is 0 Å². The van der Waals surface area contributed by atoms with Crippen LogP contribution >= 0.6 is 0 Å². The average molecular weight is 279 g/mol. The highest BCUT2D eigenvalue weighted by atomic mass is 16.5. The van der Waals surface area contributed by atoms with Crippen LogP contribution in [0.25, 0.3) is 0 Å². The molecule has 0 unspecified atom stereocenters. The first kappa shape index (κ1) is 14.6. The molecule has 0 aliphatic carbocycles. The van der Waals surface area contributed by atoms with E-state index in [-0.39, 0.29) is 5.78 Å². The van der Waals surface area contributed by atoms with Crippen LogP contribution in [-0.2, 0) is 0 Å². The Hall–Kier alpha value is -1.79. The summed E-state index contributed by atoms with van der Waals surface area (Å²) >= 11 is 0. The lowest BCUT2D eigenvalue weighted by Crippen LogP contribution is -2.45. The number of ether oxygens (including phenoxy) is 2. The van der Waals surface area contributed by atoms with Crippen LogP contribution in [0.5, 0.6) is 11.5 Å². The van der Waals surface area contributed by atoms with Gasteiger partial charge in [-0.3, -0.25) is 9.69 Å². The maximum atomic E-state index is 12.4. The largest absolute Gasteiger partial charge is 0.493 e. The van der Waals surface area contributed by atoms with Gasteiger partial charge in [-0.2, -0.15) is 0 Å². The molecule has 6 heteroatoms. The predicted octanol–water partition coefficient (Wildman–Crippen LogP) is 0.374. The fraction of sp³-hybridized carbons (Fsp3) is 0.500. The highest BCUT2D eigenvalue weighted by Gasteiger charge is 2.19. The molecule has 6 nitrogen and oxygen atoms in total. The van der Waals surface area contributed by atoms with Gasteiger partial charge in [0, 0.05) is 43.5 Å². The van der Waals surface area contributed by atoms with Crippen molar-refractivity contribution in [1.29, 1.82) is 0 Å². The number of piperazine rings is 1. The van der Waals surface area contributed by atoms with Crippen LogP contribution in [0.1, 0.15) is 10.4 Å². The molecule has 0 aromatic heterocycles. The minimum absolute atomic E-state index is 0.00496. The van der Waals surface area contributed by atoms with E-state index >= 15 is 0 Å². The quantitative estimate of drug-likeness (QED) is 0.599. The summed E-state index contributed by atoms with van der Waals surface area (Å²) in [7, 11) is 3.08. The number of anilines is 1. The maximum absolute atomic E-state index is 12.4. The molecule has 1 fully saturated rings. The standard InChI is InChI=1S/C14H21N3O3/c1-19-13-7-10(11(15)8-14(13)20-2)12(18)9-17-5-3-16-4-6-17/h7-8,16H,3-6,9,15H2,1-2H3. The van der Waals surface area contributed by atoms with Gasteiger partial charge >= 0.3 is 0 Å². The minimum atomic E-state index is 0.00496. The Kier molecular flexibility index (Phi) is 4.81. The number of hydrogen-bond donors (Lipinski definition) is 2. The Morgan fingerprint density at radius 3 is 2.45 bits per heavy atom. The van der Waals surface area contributed by atoms with Crippen molar-refractivity contribution in [3.8, 4) is 11.5 Å². The van der Waals surface area contributed by atoms with Gasteiger partial charge in [-0.25, -0.2) is 0 Å². The van der Waals surface area contributed by atoms with Crippen molar-refractivity contribution >= 4 is 11.5 Å². The van der Waals surface area contributed by atoms with E-state index in [2.05, 4.69) is 10.2 Å². The van der Waals surface area contributed by atoms with E-state index in [0.29, 0.717) is 29.3 Å². The topological polar surface area (TPSA) is 76.8 Å². The summed E-state index contributed by atoms with van der Waals surface area (Å²) in [4.78, 5) is 14.5. The van der Waals surface area contributed by atoms with Crippen molar-refractivity contribution in [3.63, 3.8) is 0 Å². The second kappa shape index (κ2) is 6.58. The van der Waals surface area contributed by atoms with Gasteiger partial charge in [-0.1, -0.05) is 0 Å². The number of nitrogens with two attached hydrogens (primary N) is 1. The van der Waals surface area contributed by atoms with Crippen molar-refractivity contribution in [2.45, 2.75) is 0 Å². The Labute approximate surface area is 118 Å². The van der Waals surface area contributed by atoms with Crippen molar-refractivity contribution in [1.82, 2.24) is 10.2 Å². The Balaban J connectivity index is 2.16. The van der Waals surface area contributed by atoms with Gasteiger partial charge in [-0.05, 0) is 6.07 Å². The Morgan fingerprint density at radius 1 is 1.25 bits per heavy atom. The number of nitrogens with one attached hydrogen (secondary N) is 1. The van der Waals surface area contributed by atoms with Crippen LogP contribution in [0.2, 0.25) is 0 Å². The number of hydrogen-bond acceptors (Lipinski definition) is 6. The lowest BCUT2D eigenvalue weighted by Gasteiger charge is -2.26. The summed E-state index contributed by atoms with van der Waals surface area (Å²) in [5, 5.41) is 3.26. The van der Waals surface area contributed by atoms with Crippen molar-refractivity contribution in [2.75, 3.05) is 52.7 Å². The number of ketones is 1. The van der Waals surface area contributed by atoms with Crippen LogP contribution in [0, 0.1) is 0 Å². The number of methoxy groups -OCH3 is 2. The molecule has 1 saturated heterocycles. The van der Waals surface area contributed by atoms with Crippen molar-refractivity contribution < 1.29 is 14.3 Å². The van der Waals surface area contributed by atoms with Crippen LogP contribution in [0.4, 0.5) is 5.69 Å². The summed E-state index contributed by atoms with van der Waals surface area (Å²) in [5.74, 6) is 1.06. The van der Waals surface area contributed by atoms with Gasteiger partial charge in [0.25, 0.3) is 0 Å². The number of carbonyl (C=O) groups is 1. The molecule has 0 bridgehead atoms. The molecule has 0 spiro atoms. The molecule has 1 aliphatic rings. The molecule has 1 aliphatic heterocycles. The third-order valence-electron chi connectivity index (χ3n) is 3.43. The fourth-order valence-corrected chi connectivity index (χ4v) is 2.29. The lowest BCUT2D eigenvalue weighted by molar-refractivity contribution is 0.0922. The van der Waals surface area contributed by atoms with E-state index in [9.17, 15) is 4.79 Å². The van der Waals surface area contributed by atoms with Gasteiger partial charge < -0.3 is 20.5 Å². The second-order valence-electron chi connectivity index (χ2n) is 4.74. The van der Waals surface area contributed by atoms with E-state index in [0.717, 1.165) is 26.2 Å².